The predicted octanol–water partition coefficient (Wildman–Crippen LogP) is 3.31. The lowest BCUT2D eigenvalue weighted by Crippen LogP contribution is -2.50. The van der Waals surface area contributed by atoms with E-state index in [2.05, 4.69) is 29.3 Å². The van der Waals surface area contributed by atoms with E-state index in [0.29, 0.717) is 31.9 Å². The minimum absolute atomic E-state index is 0.120. The van der Waals surface area contributed by atoms with Crippen molar-refractivity contribution in [3.8, 4) is 0 Å². The number of anilines is 3. The van der Waals surface area contributed by atoms with E-state index in [1.807, 2.05) is 35.2 Å². The fourth-order valence-electron chi connectivity index (χ4n) is 3.65. The number of aryl methyl sites for hydroxylation is 1. The summed E-state index contributed by atoms with van der Waals surface area (Å²) in [7, 11) is 0. The van der Waals surface area contributed by atoms with Gasteiger partial charge in [-0.25, -0.2) is 9.59 Å². The number of rotatable bonds is 3. The Bertz CT molecular complexity index is 877. The first-order valence-electron chi connectivity index (χ1n) is 9.53. The van der Waals surface area contributed by atoms with Gasteiger partial charge in [0.05, 0.1) is 6.54 Å². The van der Waals surface area contributed by atoms with E-state index < -0.39 is 0 Å². The second-order valence-electron chi connectivity index (χ2n) is 7.01. The number of nitrogens with one attached hydrogen (secondary N) is 1. The highest BCUT2D eigenvalue weighted by Gasteiger charge is 2.25. The molecule has 0 aliphatic carbocycles. The van der Waals surface area contributed by atoms with Crippen LogP contribution in [-0.4, -0.2) is 56.4 Å². The van der Waals surface area contributed by atoms with Gasteiger partial charge >= 0.3 is 12.1 Å². The van der Waals surface area contributed by atoms with Crippen LogP contribution in [0.15, 0.2) is 48.5 Å². The number of hydrogen-bond acceptors (Lipinski definition) is 4. The van der Waals surface area contributed by atoms with Gasteiger partial charge in [0.15, 0.2) is 0 Å². The first-order chi connectivity index (χ1) is 13.6. The number of hydrogen-bond donors (Lipinski definition) is 1. The number of nitrogens with zero attached hydrogens (tertiary/aromatic N) is 3. The lowest BCUT2D eigenvalue weighted by atomic mass is 10.1. The molecule has 2 heterocycles. The van der Waals surface area contributed by atoms with Gasteiger partial charge in [0, 0.05) is 43.2 Å². The van der Waals surface area contributed by atoms with E-state index in [1.54, 1.807) is 11.0 Å². The van der Waals surface area contributed by atoms with Gasteiger partial charge in [0.25, 0.3) is 0 Å². The zero-order valence-electron chi connectivity index (χ0n) is 15.9. The highest BCUT2D eigenvalue weighted by Crippen LogP contribution is 2.24. The maximum Gasteiger partial charge on any atom is 0.414 e. The maximum atomic E-state index is 12.7. The van der Waals surface area contributed by atoms with Gasteiger partial charge < -0.3 is 19.9 Å². The molecular weight excluding hydrogens is 356 g/mol. The predicted molar refractivity (Wildman–Crippen MR) is 109 cm³/mol. The third kappa shape index (κ3) is 3.74. The third-order valence-electron chi connectivity index (χ3n) is 5.19. The summed E-state index contributed by atoms with van der Waals surface area (Å²) in [5.74, 6) is 0. The third-order valence-corrected chi connectivity index (χ3v) is 5.19. The summed E-state index contributed by atoms with van der Waals surface area (Å²) >= 11 is 0. The number of carbonyl (C=O) groups excluding carboxylic acids is 2. The molecule has 0 unspecified atom stereocenters. The standard InChI is InChI=1S/C21H24N4O3/c1-16-5-2-3-8-19(16)23-9-11-24(12-10-23)20(26)22-17-6-4-7-18(15-17)25-13-14-28-21(25)27/h2-8,15H,9-14H2,1H3,(H,22,26). The highest BCUT2D eigenvalue weighted by molar-refractivity contribution is 5.93. The van der Waals surface area contributed by atoms with Gasteiger partial charge in [-0.2, -0.15) is 0 Å². The normalized spacial score (nSPS) is 16.9. The van der Waals surface area contributed by atoms with Crippen molar-refractivity contribution in [2.45, 2.75) is 6.92 Å². The molecule has 0 aromatic heterocycles. The van der Waals surface area contributed by atoms with E-state index in [9.17, 15) is 9.59 Å². The fourth-order valence-corrected chi connectivity index (χ4v) is 3.65. The molecule has 0 radical (unpaired) electrons. The van der Waals surface area contributed by atoms with Crippen molar-refractivity contribution in [1.29, 1.82) is 0 Å². The maximum absolute atomic E-state index is 12.7. The molecule has 0 saturated carbocycles. The molecule has 0 atom stereocenters. The number of cyclic esters (lactones) is 1. The molecule has 2 aromatic carbocycles. The van der Waals surface area contributed by atoms with Crippen molar-refractivity contribution in [3.05, 3.63) is 54.1 Å². The molecule has 28 heavy (non-hydrogen) atoms. The lowest BCUT2D eigenvalue weighted by molar-refractivity contribution is 0.181. The highest BCUT2D eigenvalue weighted by atomic mass is 16.6. The molecule has 7 nitrogen and oxygen atoms in total. The summed E-state index contributed by atoms with van der Waals surface area (Å²) in [6.07, 6.45) is -0.351. The van der Waals surface area contributed by atoms with Gasteiger partial charge in [-0.1, -0.05) is 24.3 Å². The number of amides is 3. The Labute approximate surface area is 164 Å². The summed E-state index contributed by atoms with van der Waals surface area (Å²) in [5, 5.41) is 2.95. The molecule has 7 heteroatoms. The molecule has 2 aromatic rings. The second-order valence-corrected chi connectivity index (χ2v) is 7.01. The molecule has 146 valence electrons. The number of ether oxygens (including phenoxy) is 1. The molecule has 3 amide bonds. The topological polar surface area (TPSA) is 65.1 Å². The number of benzene rings is 2. The Morgan fingerprint density at radius 3 is 2.50 bits per heavy atom. The van der Waals surface area contributed by atoms with Crippen LogP contribution in [0.25, 0.3) is 0 Å². The fraction of sp³-hybridized carbons (Fsp3) is 0.333. The van der Waals surface area contributed by atoms with Crippen molar-refractivity contribution in [2.24, 2.45) is 0 Å². The van der Waals surface area contributed by atoms with Crippen molar-refractivity contribution in [3.63, 3.8) is 0 Å². The van der Waals surface area contributed by atoms with Gasteiger partial charge in [-0.3, -0.25) is 4.90 Å². The van der Waals surface area contributed by atoms with Gasteiger partial charge in [-0.05, 0) is 36.8 Å². The summed E-state index contributed by atoms with van der Waals surface area (Å²) < 4.78 is 4.98. The van der Waals surface area contributed by atoms with Crippen molar-refractivity contribution in [2.75, 3.05) is 54.4 Å². The van der Waals surface area contributed by atoms with Crippen molar-refractivity contribution >= 4 is 29.2 Å². The Morgan fingerprint density at radius 1 is 1.00 bits per heavy atom. The van der Waals surface area contributed by atoms with Crippen molar-refractivity contribution < 1.29 is 14.3 Å². The molecule has 2 fully saturated rings. The number of piperazine rings is 1. The SMILES string of the molecule is Cc1ccccc1N1CCN(C(=O)Nc2cccc(N3CCOC3=O)c2)CC1. The van der Waals surface area contributed by atoms with E-state index in [0.717, 1.165) is 18.8 Å². The van der Waals surface area contributed by atoms with E-state index in [-0.39, 0.29) is 12.1 Å². The molecule has 0 bridgehead atoms. The molecular formula is C21H24N4O3. The average Bonchev–Trinajstić information content (AvgIpc) is 3.15. The zero-order valence-corrected chi connectivity index (χ0v) is 15.9. The minimum atomic E-state index is -0.351. The zero-order chi connectivity index (χ0) is 19.5. The quantitative estimate of drug-likeness (QED) is 0.887. The molecule has 4 rings (SSSR count). The van der Waals surface area contributed by atoms with Crippen LogP contribution in [0, 0.1) is 6.92 Å². The monoisotopic (exact) mass is 380 g/mol. The summed E-state index contributed by atoms with van der Waals surface area (Å²) in [4.78, 5) is 30.1. The van der Waals surface area contributed by atoms with Gasteiger partial charge in [0.1, 0.15) is 6.61 Å². The first-order valence-corrected chi connectivity index (χ1v) is 9.53. The number of para-hydroxylation sites is 1. The van der Waals surface area contributed by atoms with Crippen LogP contribution in [0.2, 0.25) is 0 Å². The molecule has 2 saturated heterocycles. The van der Waals surface area contributed by atoms with Gasteiger partial charge in [0.2, 0.25) is 0 Å². The van der Waals surface area contributed by atoms with E-state index in [1.165, 1.54) is 11.3 Å². The number of urea groups is 1. The summed E-state index contributed by atoms with van der Waals surface area (Å²) in [6, 6.07) is 15.5. The van der Waals surface area contributed by atoms with Crippen LogP contribution in [0.4, 0.5) is 26.7 Å². The Hall–Kier alpha value is -3.22. The van der Waals surface area contributed by atoms with E-state index >= 15 is 0 Å². The molecule has 0 spiro atoms. The largest absolute Gasteiger partial charge is 0.447 e. The Kier molecular flexibility index (Phi) is 5.06. The van der Waals surface area contributed by atoms with Crippen LogP contribution < -0.4 is 15.1 Å². The van der Waals surface area contributed by atoms with Crippen LogP contribution in [0.3, 0.4) is 0 Å². The Morgan fingerprint density at radius 2 is 1.79 bits per heavy atom. The van der Waals surface area contributed by atoms with Crippen molar-refractivity contribution in [1.82, 2.24) is 4.90 Å². The first kappa shape index (κ1) is 18.2. The van der Waals surface area contributed by atoms with Crippen LogP contribution in [0.5, 0.6) is 0 Å². The molecule has 2 aliphatic heterocycles. The van der Waals surface area contributed by atoms with Crippen LogP contribution in [0.1, 0.15) is 5.56 Å². The van der Waals surface area contributed by atoms with Crippen LogP contribution >= 0.6 is 0 Å². The van der Waals surface area contributed by atoms with E-state index in [4.69, 9.17) is 4.74 Å². The second kappa shape index (κ2) is 7.80. The average molecular weight is 380 g/mol. The van der Waals surface area contributed by atoms with Crippen LogP contribution in [-0.2, 0) is 4.74 Å². The summed E-state index contributed by atoms with van der Waals surface area (Å²) in [6.45, 7) is 5.96. The number of carbonyl (C=O) groups is 2. The lowest BCUT2D eigenvalue weighted by Gasteiger charge is -2.36. The summed E-state index contributed by atoms with van der Waals surface area (Å²) in [5.41, 5.74) is 3.87. The molecule has 1 N–H and O–H groups in total. The minimum Gasteiger partial charge on any atom is -0.447 e. The molecule has 2 aliphatic rings. The smallest absolute Gasteiger partial charge is 0.414 e. The van der Waals surface area contributed by atoms with Gasteiger partial charge in [-0.15, -0.1) is 0 Å². The Balaban J connectivity index is 1.36.